The predicted octanol–water partition coefficient (Wildman–Crippen LogP) is 1.75. The number of rotatable bonds is 18. The van der Waals surface area contributed by atoms with E-state index in [1.165, 1.54) is 0 Å². The van der Waals surface area contributed by atoms with E-state index < -0.39 is 57.6 Å². The summed E-state index contributed by atoms with van der Waals surface area (Å²) in [7, 11) is -4.69. The first kappa shape index (κ1) is 28.5. The Labute approximate surface area is 176 Å². The molecule has 0 aliphatic carbocycles. The van der Waals surface area contributed by atoms with Gasteiger partial charge < -0.3 is 25.2 Å². The van der Waals surface area contributed by atoms with Gasteiger partial charge in [-0.05, 0) is 12.8 Å². The lowest BCUT2D eigenvalue weighted by Crippen LogP contribution is -2.43. The number of ether oxygens (including phenoxy) is 1. The van der Waals surface area contributed by atoms with Crippen LogP contribution in [0.25, 0.3) is 0 Å². The Hall–Kier alpha value is -1.52. The van der Waals surface area contributed by atoms with Crippen LogP contribution in [0.2, 0.25) is 0 Å². The molecule has 12 heteroatoms. The molecule has 0 spiro atoms. The van der Waals surface area contributed by atoms with Gasteiger partial charge in [-0.1, -0.05) is 39.5 Å². The molecule has 0 bridgehead atoms. The normalized spacial score (nSPS) is 15.1. The molecule has 0 aromatic carbocycles. The van der Waals surface area contributed by atoms with Gasteiger partial charge in [0.2, 0.25) is 5.91 Å². The molecule has 0 heterocycles. The molecule has 176 valence electrons. The zero-order valence-corrected chi connectivity index (χ0v) is 18.5. The summed E-state index contributed by atoms with van der Waals surface area (Å²) in [6.07, 6.45) is 3.93. The second-order valence-electron chi connectivity index (χ2n) is 6.77. The molecule has 0 radical (unpaired) electrons. The molecule has 0 fully saturated rings. The van der Waals surface area contributed by atoms with Gasteiger partial charge in [-0.3, -0.25) is 18.6 Å². The van der Waals surface area contributed by atoms with Crippen molar-refractivity contribution in [3.05, 3.63) is 0 Å². The lowest BCUT2D eigenvalue weighted by molar-refractivity contribution is -0.147. The fourth-order valence-electron chi connectivity index (χ4n) is 2.17. The summed E-state index contributed by atoms with van der Waals surface area (Å²) in [6.45, 7) is 2.02. The molecule has 0 rings (SSSR count). The van der Waals surface area contributed by atoms with Gasteiger partial charge in [0.15, 0.2) is 6.04 Å². The maximum atomic E-state index is 11.8. The van der Waals surface area contributed by atoms with E-state index in [4.69, 9.17) is 9.84 Å². The molecule has 4 N–H and O–H groups in total. The number of esters is 1. The van der Waals surface area contributed by atoms with Crippen LogP contribution in [0.4, 0.5) is 0 Å². The number of hydrogen-bond acceptors (Lipinski definition) is 8. The number of carbonyl (C=O) groups is 3. The van der Waals surface area contributed by atoms with Gasteiger partial charge in [-0.2, -0.15) is 0 Å². The van der Waals surface area contributed by atoms with Crippen molar-refractivity contribution in [1.29, 1.82) is 0 Å². The number of amides is 1. The zero-order chi connectivity index (χ0) is 23.0. The van der Waals surface area contributed by atoms with Crippen LogP contribution in [-0.4, -0.2) is 64.9 Å². The highest BCUT2D eigenvalue weighted by molar-refractivity contribution is 7.47. The highest BCUT2D eigenvalue weighted by atomic mass is 31.2. The van der Waals surface area contributed by atoms with Crippen molar-refractivity contribution in [1.82, 2.24) is 5.32 Å². The first-order chi connectivity index (χ1) is 14.1. The van der Waals surface area contributed by atoms with E-state index in [-0.39, 0.29) is 12.8 Å². The number of aliphatic carboxylic acids is 1. The number of phosphoric ester groups is 1. The zero-order valence-electron chi connectivity index (χ0n) is 17.6. The fraction of sp³-hybridized carbons (Fsp3) is 0.833. The molecule has 11 nitrogen and oxygen atoms in total. The van der Waals surface area contributed by atoms with E-state index in [0.717, 1.165) is 25.7 Å². The van der Waals surface area contributed by atoms with E-state index in [9.17, 15) is 28.9 Å². The van der Waals surface area contributed by atoms with Gasteiger partial charge in [-0.25, -0.2) is 9.36 Å². The van der Waals surface area contributed by atoms with Crippen molar-refractivity contribution in [2.45, 2.75) is 77.4 Å². The van der Waals surface area contributed by atoms with Crippen LogP contribution in [-0.2, 0) is 32.7 Å². The van der Waals surface area contributed by atoms with Crippen LogP contribution in [0.3, 0.4) is 0 Å². The van der Waals surface area contributed by atoms with Crippen molar-refractivity contribution in [2.24, 2.45) is 0 Å². The van der Waals surface area contributed by atoms with Crippen molar-refractivity contribution in [2.75, 3.05) is 19.8 Å². The Morgan fingerprint density at radius 1 is 0.933 bits per heavy atom. The molecular formula is C18H34NO10P. The largest absolute Gasteiger partial charge is 0.480 e. The first-order valence-corrected chi connectivity index (χ1v) is 11.6. The minimum atomic E-state index is -4.69. The smallest absolute Gasteiger partial charge is 0.472 e. The third-order valence-corrected chi connectivity index (χ3v) is 4.85. The summed E-state index contributed by atoms with van der Waals surface area (Å²) in [5.74, 6) is -2.45. The van der Waals surface area contributed by atoms with Crippen LogP contribution in [0.15, 0.2) is 0 Å². The van der Waals surface area contributed by atoms with Crippen molar-refractivity contribution >= 4 is 25.7 Å². The maximum Gasteiger partial charge on any atom is 0.472 e. The van der Waals surface area contributed by atoms with Crippen LogP contribution in [0.1, 0.15) is 65.2 Å². The number of carbonyl (C=O) groups excluding carboxylic acids is 2. The van der Waals surface area contributed by atoms with Crippen LogP contribution < -0.4 is 5.32 Å². The lowest BCUT2D eigenvalue weighted by atomic mass is 10.2. The van der Waals surface area contributed by atoms with Crippen LogP contribution in [0.5, 0.6) is 0 Å². The van der Waals surface area contributed by atoms with Gasteiger partial charge in [0, 0.05) is 12.8 Å². The van der Waals surface area contributed by atoms with Gasteiger partial charge in [-0.15, -0.1) is 0 Å². The minimum absolute atomic E-state index is 0.122. The molecule has 0 aliphatic heterocycles. The number of hydrogen-bond donors (Lipinski definition) is 4. The van der Waals surface area contributed by atoms with Crippen molar-refractivity contribution in [3.8, 4) is 0 Å². The Balaban J connectivity index is 4.24. The molecule has 0 saturated carbocycles. The monoisotopic (exact) mass is 455 g/mol. The number of carboxylic acids is 1. The van der Waals surface area contributed by atoms with Crippen LogP contribution in [0, 0.1) is 0 Å². The molecule has 0 aliphatic rings. The van der Waals surface area contributed by atoms with Gasteiger partial charge in [0.1, 0.15) is 12.7 Å². The molecule has 30 heavy (non-hydrogen) atoms. The molecular weight excluding hydrogens is 421 g/mol. The van der Waals surface area contributed by atoms with Gasteiger partial charge in [0.05, 0.1) is 13.2 Å². The minimum Gasteiger partial charge on any atom is -0.480 e. The Kier molecular flexibility index (Phi) is 15.4. The summed E-state index contributed by atoms with van der Waals surface area (Å²) in [5, 5.41) is 21.0. The molecule has 3 unspecified atom stereocenters. The van der Waals surface area contributed by atoms with E-state index >= 15 is 0 Å². The third kappa shape index (κ3) is 15.3. The lowest BCUT2D eigenvalue weighted by Gasteiger charge is -2.18. The summed E-state index contributed by atoms with van der Waals surface area (Å²) >= 11 is 0. The van der Waals surface area contributed by atoms with E-state index in [1.807, 2.05) is 13.8 Å². The van der Waals surface area contributed by atoms with E-state index in [2.05, 4.69) is 14.4 Å². The highest BCUT2D eigenvalue weighted by Gasteiger charge is 2.28. The predicted molar refractivity (Wildman–Crippen MR) is 107 cm³/mol. The third-order valence-electron chi connectivity index (χ3n) is 3.90. The number of carboxylic acid groups (broad SMARTS) is 1. The number of aliphatic hydroxyl groups excluding tert-OH is 1. The molecule has 3 atom stereocenters. The molecule has 0 aromatic rings. The number of nitrogens with one attached hydrogen (secondary N) is 1. The van der Waals surface area contributed by atoms with E-state index in [1.54, 1.807) is 0 Å². The Bertz CT molecular complexity index is 571. The standard InChI is InChI=1S/C18H34NO10P/c1-3-5-7-8-10-17(22)27-11-14(20)12-28-30(25,26)29-13-15(18(23)24)19-16(21)9-6-4-2/h14-15,20H,3-13H2,1-2H3,(H,19,21)(H,23,24)(H,25,26). The van der Waals surface area contributed by atoms with Crippen molar-refractivity contribution < 1.29 is 47.8 Å². The highest BCUT2D eigenvalue weighted by Crippen LogP contribution is 2.43. The summed E-state index contributed by atoms with van der Waals surface area (Å²) < 4.78 is 25.8. The summed E-state index contributed by atoms with van der Waals surface area (Å²) in [5.41, 5.74) is 0. The molecule has 0 saturated heterocycles. The van der Waals surface area contributed by atoms with Gasteiger partial charge in [0.25, 0.3) is 0 Å². The average Bonchev–Trinajstić information content (AvgIpc) is 2.69. The van der Waals surface area contributed by atoms with Crippen LogP contribution >= 0.6 is 7.82 Å². The number of aliphatic hydroxyl groups is 1. The second kappa shape index (κ2) is 16.2. The number of phosphoric acid groups is 1. The molecule has 0 aromatic heterocycles. The first-order valence-electron chi connectivity index (χ1n) is 10.1. The second-order valence-corrected chi connectivity index (χ2v) is 8.22. The van der Waals surface area contributed by atoms with Crippen molar-refractivity contribution in [3.63, 3.8) is 0 Å². The fourth-order valence-corrected chi connectivity index (χ4v) is 2.94. The summed E-state index contributed by atoms with van der Waals surface area (Å²) in [6, 6.07) is -1.53. The SMILES string of the molecule is CCCCCCC(=O)OCC(O)COP(=O)(O)OCC(NC(=O)CCCC)C(=O)O. The van der Waals surface area contributed by atoms with E-state index in [0.29, 0.717) is 12.8 Å². The molecule has 1 amide bonds. The van der Waals surface area contributed by atoms with Gasteiger partial charge >= 0.3 is 19.8 Å². The topological polar surface area (TPSA) is 169 Å². The number of unbranched alkanes of at least 4 members (excludes halogenated alkanes) is 4. The Morgan fingerprint density at radius 2 is 1.57 bits per heavy atom. The maximum absolute atomic E-state index is 11.8. The summed E-state index contributed by atoms with van der Waals surface area (Å²) in [4.78, 5) is 43.9. The Morgan fingerprint density at radius 3 is 2.17 bits per heavy atom. The quantitative estimate of drug-likeness (QED) is 0.136. The average molecular weight is 455 g/mol.